The van der Waals surface area contributed by atoms with E-state index in [0.717, 1.165) is 6.42 Å². The second-order valence-corrected chi connectivity index (χ2v) is 1.09. The quantitative estimate of drug-likeness (QED) is 0.406. The maximum absolute atomic E-state index is 7.06. The Kier molecular flexibility index (Phi) is 0.470. The molecule has 5 heavy (non-hydrogen) atoms. The normalized spacial score (nSPS) is 59.2. The lowest BCUT2D eigenvalue weighted by Gasteiger charge is -1.66. The molecule has 0 heteroatoms. The summed E-state index contributed by atoms with van der Waals surface area (Å²) in [6, 6.07) is 0. The van der Waals surface area contributed by atoms with Crippen LogP contribution in [0.1, 0.15) is 22.0 Å². The highest BCUT2D eigenvalue weighted by molar-refractivity contribution is 4.85. The fourth-order valence-electron chi connectivity index (χ4n) is 0.393. The Labute approximate surface area is 36.0 Å². The molecular weight excluding hydrogens is 60.1 g/mol. The van der Waals surface area contributed by atoms with Crippen LogP contribution in [0.5, 0.6) is 0 Å². The van der Waals surface area contributed by atoms with E-state index in [4.69, 9.17) is 2.74 Å². The smallest absolute Gasteiger partial charge is 0.0270 e. The first-order chi connectivity index (χ1) is 3.30. The van der Waals surface area contributed by atoms with Gasteiger partial charge in [0.25, 0.3) is 0 Å². The maximum atomic E-state index is 7.06. The van der Waals surface area contributed by atoms with Crippen LogP contribution >= 0.6 is 0 Å². The minimum Gasteiger partial charge on any atom is -0.0499 e. The summed E-state index contributed by atoms with van der Waals surface area (Å²) >= 11 is 0. The lowest BCUT2D eigenvalue weighted by molar-refractivity contribution is 1.05. The van der Waals surface area contributed by atoms with Crippen molar-refractivity contribution in [3.05, 3.63) is 12.8 Å². The average molecular weight is 70.1 g/mol. The van der Waals surface area contributed by atoms with Gasteiger partial charge in [0.15, 0.2) is 0 Å². The zero-order chi connectivity index (χ0) is 5.28. The van der Waals surface area contributed by atoms with Gasteiger partial charge >= 0.3 is 0 Å². The first-order valence-corrected chi connectivity index (χ1v) is 1.82. The van der Waals surface area contributed by atoms with Gasteiger partial charge in [-0.3, -0.25) is 0 Å². The molecule has 1 aliphatic rings. The zero-order valence-corrected chi connectivity index (χ0v) is 3.02. The molecule has 0 aromatic rings. The standard InChI is InChI=1S/C5H8/c1-2-4-5-3-1/h1,4H,2-3,5H2/i3D,5D/t3-,5-. The highest BCUT2D eigenvalue weighted by Gasteiger charge is 1.96. The monoisotopic (exact) mass is 70.1 g/mol. The lowest BCUT2D eigenvalue weighted by atomic mass is 10.4. The highest BCUT2D eigenvalue weighted by Crippen LogP contribution is 2.12. The average Bonchev–Trinajstić information content (AvgIpc) is 1.91. The van der Waals surface area contributed by atoms with Gasteiger partial charge in [-0.1, -0.05) is 0 Å². The molecule has 0 aliphatic heterocycles. The summed E-state index contributed by atoms with van der Waals surface area (Å²) < 4.78 is 14.1. The van der Waals surface area contributed by atoms with Gasteiger partial charge < -0.3 is 0 Å². The molecule has 0 heterocycles. The van der Waals surface area contributed by atoms with Gasteiger partial charge in [-0.05, 0) is 32.1 Å². The van der Waals surface area contributed by atoms with Crippen LogP contribution in [0.3, 0.4) is 0 Å². The summed E-state index contributed by atoms with van der Waals surface area (Å²) in [7, 11) is 0. The predicted molar refractivity (Wildman–Crippen MR) is 22.5 cm³/mol. The van der Waals surface area contributed by atoms with Crippen molar-refractivity contribution in [2.24, 2.45) is 0 Å². The Morgan fingerprint density at radius 2 is 2.00 bits per heavy atom. The first-order valence-electron chi connectivity index (χ1n) is 2.97. The van der Waals surface area contributed by atoms with Crippen molar-refractivity contribution in [1.29, 1.82) is 0 Å². The van der Waals surface area contributed by atoms with E-state index in [0.29, 0.717) is 0 Å². The van der Waals surface area contributed by atoms with Crippen LogP contribution in [0.2, 0.25) is 0 Å². The van der Waals surface area contributed by atoms with Crippen molar-refractivity contribution in [1.82, 2.24) is 0 Å². The second kappa shape index (κ2) is 1.44. The van der Waals surface area contributed by atoms with E-state index in [2.05, 4.69) is 0 Å². The molecule has 1 saturated carbocycles. The van der Waals surface area contributed by atoms with Gasteiger partial charge in [-0.25, -0.2) is 0 Å². The van der Waals surface area contributed by atoms with E-state index in [-0.39, 0.29) is 12.8 Å². The van der Waals surface area contributed by atoms with Crippen molar-refractivity contribution in [3.63, 3.8) is 0 Å². The molecular formula is C5H8. The topological polar surface area (TPSA) is 0 Å². The van der Waals surface area contributed by atoms with E-state index >= 15 is 0 Å². The summed E-state index contributed by atoms with van der Waals surface area (Å²) in [5.74, 6) is 0. The molecule has 0 aromatic heterocycles. The molecule has 0 spiro atoms. The number of rotatable bonds is 0. The van der Waals surface area contributed by atoms with Gasteiger partial charge in [0.2, 0.25) is 0 Å². The molecule has 0 amide bonds. The molecule has 0 nitrogen and oxygen atoms in total. The SMILES string of the molecule is [2H][C@@H]1[CH]C[CH][C@@H]1[2H]. The molecule has 0 saturated heterocycles. The van der Waals surface area contributed by atoms with Crippen molar-refractivity contribution < 1.29 is 2.74 Å². The molecule has 1 aliphatic carbocycles. The maximum Gasteiger partial charge on any atom is 0.0270 e. The number of hydrogen-bond acceptors (Lipinski definition) is 0. The van der Waals surface area contributed by atoms with Gasteiger partial charge in [-0.2, -0.15) is 0 Å². The first kappa shape index (κ1) is 1.63. The van der Waals surface area contributed by atoms with E-state index in [1.807, 2.05) is 12.8 Å². The largest absolute Gasteiger partial charge is 0.0499 e. The van der Waals surface area contributed by atoms with E-state index in [1.54, 1.807) is 0 Å². The molecule has 1 rings (SSSR count). The van der Waals surface area contributed by atoms with Crippen LogP contribution in [-0.4, -0.2) is 0 Å². The van der Waals surface area contributed by atoms with Crippen molar-refractivity contribution in [2.45, 2.75) is 19.2 Å². The number of hydrogen-bond donors (Lipinski definition) is 0. The van der Waals surface area contributed by atoms with Crippen molar-refractivity contribution >= 4 is 0 Å². The Hall–Kier alpha value is 0. The molecule has 2 atom stereocenters. The molecule has 0 bridgehead atoms. The fraction of sp³-hybridized carbons (Fsp3) is 0.600. The van der Waals surface area contributed by atoms with E-state index < -0.39 is 0 Å². The van der Waals surface area contributed by atoms with Gasteiger partial charge in [0.05, 0.1) is 0 Å². The van der Waals surface area contributed by atoms with Crippen LogP contribution in [-0.2, 0) is 0 Å². The Bertz CT molecular complexity index is 55.1. The third-order valence-electron chi connectivity index (χ3n) is 0.655. The molecule has 0 N–H and O–H groups in total. The zero-order valence-electron chi connectivity index (χ0n) is 5.02. The van der Waals surface area contributed by atoms with Gasteiger partial charge in [0, 0.05) is 2.74 Å². The Morgan fingerprint density at radius 1 is 1.40 bits per heavy atom. The highest BCUT2D eigenvalue weighted by atomic mass is 14.0. The molecule has 2 radical (unpaired) electrons. The Morgan fingerprint density at radius 3 is 2.20 bits per heavy atom. The van der Waals surface area contributed by atoms with Crippen LogP contribution in [0.4, 0.5) is 0 Å². The Balaban J connectivity index is 2.33. The molecule has 0 aromatic carbocycles. The fourth-order valence-corrected chi connectivity index (χ4v) is 0.393. The van der Waals surface area contributed by atoms with Crippen LogP contribution in [0.25, 0.3) is 0 Å². The second-order valence-electron chi connectivity index (χ2n) is 1.09. The van der Waals surface area contributed by atoms with Crippen LogP contribution < -0.4 is 0 Å². The van der Waals surface area contributed by atoms with Crippen molar-refractivity contribution in [3.8, 4) is 0 Å². The summed E-state index contributed by atoms with van der Waals surface area (Å²) in [4.78, 5) is 0. The minimum atomic E-state index is -0.250. The van der Waals surface area contributed by atoms with Gasteiger partial charge in [0.1, 0.15) is 0 Å². The van der Waals surface area contributed by atoms with E-state index in [1.165, 1.54) is 0 Å². The summed E-state index contributed by atoms with van der Waals surface area (Å²) in [6.07, 6.45) is 4.04. The predicted octanol–water partition coefficient (Wildman–Crippen LogP) is 1.58. The third kappa shape index (κ3) is 0.640. The molecule has 28 valence electrons. The third-order valence-corrected chi connectivity index (χ3v) is 0.655. The van der Waals surface area contributed by atoms with Crippen molar-refractivity contribution in [2.75, 3.05) is 0 Å². The summed E-state index contributed by atoms with van der Waals surface area (Å²) in [5, 5.41) is 0. The minimum absolute atomic E-state index is 0.250. The lowest BCUT2D eigenvalue weighted by Crippen LogP contribution is -1.51. The summed E-state index contributed by atoms with van der Waals surface area (Å²) in [5.41, 5.74) is 0. The van der Waals surface area contributed by atoms with Gasteiger partial charge in [-0.15, -0.1) is 0 Å². The summed E-state index contributed by atoms with van der Waals surface area (Å²) in [6.45, 7) is 0. The molecule has 0 unspecified atom stereocenters. The van der Waals surface area contributed by atoms with Crippen LogP contribution in [0.15, 0.2) is 0 Å². The van der Waals surface area contributed by atoms with E-state index in [9.17, 15) is 0 Å². The van der Waals surface area contributed by atoms with Crippen LogP contribution in [0, 0.1) is 12.8 Å². The molecule has 1 fully saturated rings.